The van der Waals surface area contributed by atoms with Gasteiger partial charge in [-0.1, -0.05) is 0 Å². The van der Waals surface area contributed by atoms with E-state index in [1.54, 1.807) is 9.80 Å². The molecule has 0 heterocycles. The Hall–Kier alpha value is 1.81. The van der Waals surface area contributed by atoms with Crippen molar-refractivity contribution in [1.29, 1.82) is 5.41 Å². The zero-order valence-electron chi connectivity index (χ0n) is 9.62. The van der Waals surface area contributed by atoms with E-state index in [1.165, 1.54) is 0 Å². The maximum absolute atomic E-state index is 8.33. The smallest absolute Gasteiger partial charge is 0.652 e. The largest absolute Gasteiger partial charge is 1.00 e. The molecule has 0 amide bonds. The molecule has 8 heteroatoms. The molecule has 72 valence electrons. The minimum atomic E-state index is -2.33. The number of carbonyl (C=O) groups is 1. The van der Waals surface area contributed by atoms with Crippen molar-refractivity contribution in [2.24, 2.45) is 0 Å². The van der Waals surface area contributed by atoms with E-state index in [0.29, 0.717) is 5.96 Å². The number of guanidine groups is 1. The predicted molar refractivity (Wildman–Crippen MR) is 40.5 cm³/mol. The van der Waals surface area contributed by atoms with Gasteiger partial charge in [-0.3, -0.25) is 5.41 Å². The summed E-state index contributed by atoms with van der Waals surface area (Å²) < 4.78 is 0. The fourth-order valence-electron chi connectivity index (χ4n) is 0.400. The number of nitrogens with one attached hydrogen (secondary N) is 1. The Morgan fingerprint density at radius 3 is 1.14 bits per heavy atom. The van der Waals surface area contributed by atoms with Crippen molar-refractivity contribution in [2.75, 3.05) is 28.2 Å². The molecule has 0 unspecified atom stereocenters. The third-order valence-electron chi connectivity index (χ3n) is 0.847. The first-order valence-electron chi connectivity index (χ1n) is 3.10. The fraction of sp³-hybridized carbons (Fsp3) is 0.667. The Morgan fingerprint density at radius 1 is 1.00 bits per heavy atom. The molecule has 0 spiro atoms. The Bertz CT molecular complexity index is 150. The van der Waals surface area contributed by atoms with E-state index in [2.05, 4.69) is 0 Å². The molecule has 0 atom stereocenters. The van der Waals surface area contributed by atoms with Crippen molar-refractivity contribution in [2.45, 2.75) is 0 Å². The molecule has 6 nitrogen and oxygen atoms in total. The number of hydrogen-bond donors (Lipinski definition) is 1. The average molecular weight is 253 g/mol. The second-order valence-corrected chi connectivity index (χ2v) is 2.36. The topological polar surface area (TPSA) is 93.5 Å². The minimum absolute atomic E-state index is 0. The SMILES string of the molecule is CN(C)C(=N)N(C)C.O=C([O-])[O-].[K+].[K+]. The molecule has 0 aliphatic rings. The summed E-state index contributed by atoms with van der Waals surface area (Å²) in [5.41, 5.74) is 0. The maximum atomic E-state index is 8.33. The Morgan fingerprint density at radius 2 is 1.14 bits per heavy atom. The molecule has 0 aromatic carbocycles. The number of carboxylic acid groups (broad SMARTS) is 2. The molecular weight excluding hydrogens is 240 g/mol. The first-order valence-corrected chi connectivity index (χ1v) is 3.10. The molecule has 0 rings (SSSR count). The first-order chi connectivity index (χ1) is 5.29. The summed E-state index contributed by atoms with van der Waals surface area (Å²) in [7, 11) is 7.40. The van der Waals surface area contributed by atoms with Gasteiger partial charge in [-0.25, -0.2) is 0 Å². The van der Waals surface area contributed by atoms with E-state index in [1.807, 2.05) is 28.2 Å². The third kappa shape index (κ3) is 23.5. The van der Waals surface area contributed by atoms with Crippen molar-refractivity contribution in [3.8, 4) is 0 Å². The minimum Gasteiger partial charge on any atom is -0.652 e. The van der Waals surface area contributed by atoms with Gasteiger partial charge in [-0.2, -0.15) is 0 Å². The summed E-state index contributed by atoms with van der Waals surface area (Å²) in [5.74, 6) is 0.519. The van der Waals surface area contributed by atoms with Crippen LogP contribution >= 0.6 is 0 Å². The molecule has 0 saturated heterocycles. The maximum Gasteiger partial charge on any atom is 1.00 e. The second kappa shape index (κ2) is 14.8. The van der Waals surface area contributed by atoms with Gasteiger partial charge < -0.3 is 24.8 Å². The normalized spacial score (nSPS) is 6.57. The summed E-state index contributed by atoms with van der Waals surface area (Å²) in [4.78, 5) is 11.8. The summed E-state index contributed by atoms with van der Waals surface area (Å²) >= 11 is 0. The predicted octanol–water partition coefficient (Wildman–Crippen LogP) is -8.39. The molecule has 0 bridgehead atoms. The van der Waals surface area contributed by atoms with Gasteiger partial charge >= 0.3 is 103 Å². The van der Waals surface area contributed by atoms with Gasteiger partial charge in [0.25, 0.3) is 0 Å². The van der Waals surface area contributed by atoms with Crippen molar-refractivity contribution in [1.82, 2.24) is 9.80 Å². The van der Waals surface area contributed by atoms with Crippen LogP contribution in [0, 0.1) is 5.41 Å². The van der Waals surface area contributed by atoms with Gasteiger partial charge in [-0.15, -0.1) is 0 Å². The van der Waals surface area contributed by atoms with Gasteiger partial charge in [0.2, 0.25) is 0 Å². The summed E-state index contributed by atoms with van der Waals surface area (Å²) in [6, 6.07) is 0. The van der Waals surface area contributed by atoms with E-state index in [-0.39, 0.29) is 103 Å². The van der Waals surface area contributed by atoms with Crippen LogP contribution in [-0.4, -0.2) is 50.1 Å². The van der Waals surface area contributed by atoms with Crippen LogP contribution in [0.3, 0.4) is 0 Å². The molecule has 0 aliphatic heterocycles. The van der Waals surface area contributed by atoms with Gasteiger partial charge in [-0.05, 0) is 6.16 Å². The van der Waals surface area contributed by atoms with Crippen LogP contribution in [0.15, 0.2) is 0 Å². The monoisotopic (exact) mass is 253 g/mol. The Labute approximate surface area is 169 Å². The molecule has 0 fully saturated rings. The van der Waals surface area contributed by atoms with Crippen LogP contribution in [0.1, 0.15) is 0 Å². The number of nitrogens with zero attached hydrogens (tertiary/aromatic N) is 2. The summed E-state index contributed by atoms with van der Waals surface area (Å²) in [5, 5.41) is 23.9. The summed E-state index contributed by atoms with van der Waals surface area (Å²) in [6.07, 6.45) is -2.33. The summed E-state index contributed by atoms with van der Waals surface area (Å²) in [6.45, 7) is 0. The van der Waals surface area contributed by atoms with Gasteiger partial charge in [0, 0.05) is 28.2 Å². The Kier molecular flexibility index (Phi) is 26.3. The third-order valence-corrected chi connectivity index (χ3v) is 0.847. The number of hydrogen-bond acceptors (Lipinski definition) is 4. The van der Waals surface area contributed by atoms with Crippen LogP contribution < -0.4 is 113 Å². The van der Waals surface area contributed by atoms with Gasteiger partial charge in [0.15, 0.2) is 5.96 Å². The van der Waals surface area contributed by atoms with E-state index >= 15 is 0 Å². The second-order valence-electron chi connectivity index (χ2n) is 2.36. The van der Waals surface area contributed by atoms with E-state index < -0.39 is 6.16 Å². The van der Waals surface area contributed by atoms with Gasteiger partial charge in [0.05, 0.1) is 0 Å². The fourth-order valence-corrected chi connectivity index (χ4v) is 0.400. The zero-order valence-corrected chi connectivity index (χ0v) is 15.9. The molecule has 0 aliphatic carbocycles. The number of carbonyl (C=O) groups excluding carboxylic acids is 1. The average Bonchev–Trinajstić information content (AvgIpc) is 1.84. The van der Waals surface area contributed by atoms with Crippen LogP contribution in [0.2, 0.25) is 0 Å². The standard InChI is InChI=1S/C5H13N3.CH2O3.2K/c1-7(2)5(6)8(3)4;2-1(3)4;;/h6H,1-4H3;(H2,2,3,4);;/q;;2*+1/p-2. The molecule has 0 aromatic heterocycles. The first kappa shape index (κ1) is 24.9. The molecule has 0 aromatic rings. The van der Waals surface area contributed by atoms with E-state index in [0.717, 1.165) is 0 Å². The van der Waals surface area contributed by atoms with Crippen molar-refractivity contribution >= 4 is 12.1 Å². The Balaban J connectivity index is -0.0000000733. The molecule has 14 heavy (non-hydrogen) atoms. The van der Waals surface area contributed by atoms with E-state index in [4.69, 9.17) is 20.4 Å². The van der Waals surface area contributed by atoms with E-state index in [9.17, 15) is 0 Å². The van der Waals surface area contributed by atoms with Crippen molar-refractivity contribution in [3.05, 3.63) is 0 Å². The molecule has 1 N–H and O–H groups in total. The zero-order chi connectivity index (χ0) is 10.3. The van der Waals surface area contributed by atoms with Crippen LogP contribution in [0.25, 0.3) is 0 Å². The van der Waals surface area contributed by atoms with Crippen molar-refractivity contribution < 1.29 is 118 Å². The van der Waals surface area contributed by atoms with Crippen LogP contribution in [0.4, 0.5) is 4.79 Å². The molecule has 0 saturated carbocycles. The van der Waals surface area contributed by atoms with Gasteiger partial charge in [0.1, 0.15) is 0 Å². The quantitative estimate of drug-likeness (QED) is 0.263. The molecule has 0 radical (unpaired) electrons. The van der Waals surface area contributed by atoms with Crippen LogP contribution in [-0.2, 0) is 0 Å². The van der Waals surface area contributed by atoms with Crippen LogP contribution in [0.5, 0.6) is 0 Å². The number of rotatable bonds is 0. The molecular formula is C6H13K2N3O3. The van der Waals surface area contributed by atoms with Crippen molar-refractivity contribution in [3.63, 3.8) is 0 Å².